The zero-order chi connectivity index (χ0) is 69.1. The van der Waals surface area contributed by atoms with Crippen LogP contribution in [0.3, 0.4) is 0 Å². The molecule has 2 rings (SSSR count). The average molecular weight is 1430 g/mol. The van der Waals surface area contributed by atoms with Crippen molar-refractivity contribution in [2.45, 2.75) is 475 Å². The maximum atomic E-state index is 12.4. The molecule has 0 atom stereocenters. The molecule has 7 nitrogen and oxygen atoms in total. The quantitative estimate of drug-likeness (QED) is 0.0476. The van der Waals surface area contributed by atoms with Crippen molar-refractivity contribution in [2.24, 2.45) is 0 Å². The minimum absolute atomic E-state index is 0.0670. The molecule has 0 aliphatic carbocycles. The molecule has 548 valence electrons. The fourth-order valence-corrected chi connectivity index (χ4v) is 15.8. The molecule has 0 saturated carbocycles. The van der Waals surface area contributed by atoms with E-state index in [4.69, 9.17) is 2.81 Å². The molecular weight excluding hydrogens is 1280 g/mol. The van der Waals surface area contributed by atoms with E-state index in [0.717, 1.165) is 101 Å². The Morgan fingerprint density at radius 3 is 0.511 bits per heavy atom. The molecule has 2 aromatic rings. The topological polar surface area (TPSA) is 131 Å². The van der Waals surface area contributed by atoms with E-state index in [1.807, 2.05) is 12.1 Å². The van der Waals surface area contributed by atoms with Crippen LogP contribution in [0.15, 0.2) is 34.1 Å². The first-order chi connectivity index (χ1) is 45.9. The van der Waals surface area contributed by atoms with Crippen LogP contribution in [0, 0.1) is 0 Å². The molecule has 10 heteroatoms. The Bertz CT molecular complexity index is 2030. The molecule has 0 bridgehead atoms. The van der Waals surface area contributed by atoms with Crippen LogP contribution in [-0.2, 0) is 86.3 Å². The van der Waals surface area contributed by atoms with Gasteiger partial charge in [0.25, 0.3) is 0 Å². The van der Waals surface area contributed by atoms with Crippen LogP contribution in [0.4, 0.5) is 0 Å². The van der Waals surface area contributed by atoms with E-state index in [9.17, 15) is 25.9 Å². The zero-order valence-electron chi connectivity index (χ0n) is 63.2. The van der Waals surface area contributed by atoms with E-state index < -0.39 is 20.2 Å². The molecule has 0 N–H and O–H groups in total. The monoisotopic (exact) mass is 1430 g/mol. The van der Waals surface area contributed by atoms with E-state index in [0.29, 0.717) is 24.7 Å². The first kappa shape index (κ1) is 92.9. The van der Waals surface area contributed by atoms with Gasteiger partial charge in [0.2, 0.25) is 0 Å². The molecule has 0 aliphatic heterocycles. The molecule has 0 spiro atoms. The number of hydrogen-bond acceptors (Lipinski definition) is 7. The van der Waals surface area contributed by atoms with Gasteiger partial charge in [-0.15, -0.1) is 0 Å². The zero-order valence-corrected chi connectivity index (χ0v) is 67.2. The van der Waals surface area contributed by atoms with Gasteiger partial charge in [-0.2, -0.15) is 0 Å². The van der Waals surface area contributed by atoms with Gasteiger partial charge in [0.05, 0.1) is 9.79 Å². The number of unbranched alkanes of at least 4 members (excludes halogenated alkanes) is 54. The van der Waals surface area contributed by atoms with Crippen molar-refractivity contribution >= 4 is 20.2 Å². The molecule has 0 heterocycles. The molecule has 0 aromatic heterocycles. The van der Waals surface area contributed by atoms with Crippen molar-refractivity contribution in [3.63, 3.8) is 0 Å². The van der Waals surface area contributed by atoms with E-state index in [2.05, 4.69) is 41.5 Å². The Labute approximate surface area is 602 Å². The van der Waals surface area contributed by atoms with Gasteiger partial charge in [-0.1, -0.05) is 400 Å². The van der Waals surface area contributed by atoms with Crippen molar-refractivity contribution in [1.82, 2.24) is 0 Å². The van der Waals surface area contributed by atoms with Crippen LogP contribution in [0.2, 0.25) is 0 Å². The summed E-state index contributed by atoms with van der Waals surface area (Å²) in [6, 6.07) is 7.29. The van der Waals surface area contributed by atoms with E-state index in [1.54, 1.807) is 12.1 Å². The van der Waals surface area contributed by atoms with Crippen molar-refractivity contribution < 1.29 is 53.5 Å². The Hall–Kier alpha value is -1.06. The van der Waals surface area contributed by atoms with Gasteiger partial charge in [-0.3, -0.25) is 0 Å². The molecule has 0 saturated heterocycles. The Kier molecular flexibility index (Phi) is 68.3. The SMILES string of the molecule is CCCCCCCCCCCCc1ccc(S(=O)(=O)[O-])c(CCCCCCCCCCCC)c1CCCCCCCCCCCC.CCCCCCCCCCCCc1ccc(S(=O)(=O)[O-])c(CCCCCCCCCCCC)c1CCCCCCCCCCCC.[O]=[Zr+2]. The van der Waals surface area contributed by atoms with Crippen molar-refractivity contribution in [3.05, 3.63) is 57.6 Å². The summed E-state index contributed by atoms with van der Waals surface area (Å²) >= 11 is 0.300. The number of rotatable bonds is 68. The van der Waals surface area contributed by atoms with Crippen molar-refractivity contribution in [1.29, 1.82) is 0 Å². The summed E-state index contributed by atoms with van der Waals surface area (Å²) in [5.74, 6) is 0. The van der Waals surface area contributed by atoms with E-state index in [1.165, 1.54) is 356 Å². The van der Waals surface area contributed by atoms with Crippen LogP contribution >= 0.6 is 0 Å². The summed E-state index contributed by atoms with van der Waals surface area (Å²) in [4.78, 5) is 0.134. The van der Waals surface area contributed by atoms with Gasteiger partial charge in [0.1, 0.15) is 20.2 Å². The molecule has 0 radical (unpaired) electrons. The molecule has 0 unspecified atom stereocenters. The summed E-state index contributed by atoms with van der Waals surface area (Å²) < 4.78 is 82.9. The molecular formula is C84H154O7S2Zr. The summed E-state index contributed by atoms with van der Waals surface area (Å²) in [6.45, 7) is 13.6. The second-order valence-corrected chi connectivity index (χ2v) is 31.6. The third kappa shape index (κ3) is 53.8. The molecule has 94 heavy (non-hydrogen) atoms. The fraction of sp³-hybridized carbons (Fsp3) is 0.857. The third-order valence-electron chi connectivity index (χ3n) is 20.2. The molecule has 0 aliphatic rings. The summed E-state index contributed by atoms with van der Waals surface area (Å²) in [5.41, 5.74) is 6.78. The summed E-state index contributed by atoms with van der Waals surface area (Å²) in [6.07, 6.45) is 82.7. The number of hydrogen-bond donors (Lipinski definition) is 0. The van der Waals surface area contributed by atoms with Crippen LogP contribution in [-0.4, -0.2) is 25.9 Å². The normalized spacial score (nSPS) is 11.7. The number of benzene rings is 2. The predicted molar refractivity (Wildman–Crippen MR) is 403 cm³/mol. The fourth-order valence-electron chi connectivity index (χ4n) is 14.3. The van der Waals surface area contributed by atoms with Crippen LogP contribution < -0.4 is 0 Å². The molecule has 0 fully saturated rings. The van der Waals surface area contributed by atoms with Gasteiger partial charge in [0, 0.05) is 0 Å². The van der Waals surface area contributed by atoms with Gasteiger partial charge < -0.3 is 9.11 Å². The molecule has 0 amide bonds. The minimum atomic E-state index is -4.48. The van der Waals surface area contributed by atoms with E-state index in [-0.39, 0.29) is 9.79 Å². The number of aryl methyl sites for hydroxylation is 2. The average Bonchev–Trinajstić information content (AvgIpc) is 0.807. The van der Waals surface area contributed by atoms with Crippen LogP contribution in [0.25, 0.3) is 0 Å². The van der Waals surface area contributed by atoms with Crippen LogP contribution in [0.5, 0.6) is 0 Å². The first-order valence-electron chi connectivity index (χ1n) is 41.3. The van der Waals surface area contributed by atoms with Crippen LogP contribution in [0.1, 0.15) is 460 Å². The third-order valence-corrected chi connectivity index (χ3v) is 22.1. The maximum absolute atomic E-state index is 12.4. The van der Waals surface area contributed by atoms with Gasteiger partial charge in [-0.05, 0) is 123 Å². The second kappa shape index (κ2) is 69.0. The Morgan fingerprint density at radius 2 is 0.351 bits per heavy atom. The van der Waals surface area contributed by atoms with Gasteiger partial charge >= 0.3 is 27.5 Å². The van der Waals surface area contributed by atoms with Gasteiger partial charge in [0.15, 0.2) is 0 Å². The summed E-state index contributed by atoms with van der Waals surface area (Å²) in [5, 5.41) is 0. The predicted octanol–water partition coefficient (Wildman–Crippen LogP) is 27.8. The Balaban J connectivity index is 0.00000179. The van der Waals surface area contributed by atoms with Gasteiger partial charge in [-0.25, -0.2) is 16.8 Å². The van der Waals surface area contributed by atoms with E-state index >= 15 is 0 Å². The first-order valence-corrected chi connectivity index (χ1v) is 45.1. The standard InChI is InChI=1S/2C42H78O3S.O.Zr/c2*1-4-7-10-13-16-19-22-25-28-31-34-39-37-38-42(46(43,44)45)41(36-33-30-27-24-21-18-15-12-9-6-3)40(39)35-32-29-26-23-20-17-14-11-8-5-2;;/h2*37-38H,4-36H2,1-3H3,(H,43,44,45);;/q;;;+2/p-2. The Morgan fingerprint density at radius 1 is 0.213 bits per heavy atom. The second-order valence-electron chi connectivity index (χ2n) is 28.9. The summed E-state index contributed by atoms with van der Waals surface area (Å²) in [7, 11) is -8.96. The van der Waals surface area contributed by atoms with Crippen molar-refractivity contribution in [3.8, 4) is 0 Å². The van der Waals surface area contributed by atoms with Crippen molar-refractivity contribution in [2.75, 3.05) is 0 Å². The molecule has 2 aromatic carbocycles.